The van der Waals surface area contributed by atoms with Crippen LogP contribution in [-0.2, 0) is 0 Å². The van der Waals surface area contributed by atoms with Gasteiger partial charge < -0.3 is 5.11 Å². The molecule has 106 valence electrons. The Morgan fingerprint density at radius 2 is 2.00 bits per heavy atom. The van der Waals surface area contributed by atoms with E-state index in [1.165, 1.54) is 0 Å². The van der Waals surface area contributed by atoms with Crippen molar-refractivity contribution in [3.05, 3.63) is 35.4 Å². The van der Waals surface area contributed by atoms with Gasteiger partial charge in [0.05, 0.1) is 17.7 Å². The van der Waals surface area contributed by atoms with Gasteiger partial charge in [0.15, 0.2) is 5.78 Å². The molecule has 0 atom stereocenters. The quantitative estimate of drug-likeness (QED) is 0.807. The first-order valence-electron chi connectivity index (χ1n) is 6.16. The van der Waals surface area contributed by atoms with E-state index in [9.17, 15) is 18.7 Å². The van der Waals surface area contributed by atoms with Crippen molar-refractivity contribution in [2.45, 2.75) is 26.4 Å². The molecule has 1 rings (SSSR count). The van der Waals surface area contributed by atoms with E-state index >= 15 is 0 Å². The highest BCUT2D eigenvalue weighted by molar-refractivity contribution is 5.97. The molecule has 1 N–H and O–H groups in total. The van der Waals surface area contributed by atoms with Crippen molar-refractivity contribution >= 4 is 5.78 Å². The minimum atomic E-state index is -0.933. The highest BCUT2D eigenvalue weighted by Gasteiger charge is 2.21. The van der Waals surface area contributed by atoms with Crippen molar-refractivity contribution in [3.63, 3.8) is 0 Å². The number of rotatable bonds is 6. The van der Waals surface area contributed by atoms with Gasteiger partial charge in [-0.1, -0.05) is 6.92 Å². The fourth-order valence-electron chi connectivity index (χ4n) is 1.83. The Labute approximate surface area is 111 Å². The number of aliphatic hydroxyl groups is 1. The molecule has 0 aromatic heterocycles. The summed E-state index contributed by atoms with van der Waals surface area (Å²) in [6.07, 6.45) is 0. The number of Topliss-reactive ketones (excluding diaryl/α,β-unsaturated/α-hetero) is 1. The Kier molecular flexibility index (Phi) is 5.14. The average molecular weight is 271 g/mol. The fourth-order valence-corrected chi connectivity index (χ4v) is 1.83. The van der Waals surface area contributed by atoms with Crippen LogP contribution in [0.1, 0.15) is 31.1 Å². The van der Waals surface area contributed by atoms with E-state index in [0.29, 0.717) is 19.2 Å². The summed E-state index contributed by atoms with van der Waals surface area (Å²) < 4.78 is 26.2. The van der Waals surface area contributed by atoms with Crippen molar-refractivity contribution in [2.24, 2.45) is 0 Å². The molecule has 0 saturated carbocycles. The van der Waals surface area contributed by atoms with Crippen molar-refractivity contribution in [1.29, 1.82) is 0 Å². The lowest BCUT2D eigenvalue weighted by Gasteiger charge is -2.27. The number of hydrogen-bond donors (Lipinski definition) is 1. The second-order valence-electron chi connectivity index (χ2n) is 5.16. The molecule has 0 fully saturated rings. The van der Waals surface area contributed by atoms with Crippen LogP contribution in [0.2, 0.25) is 0 Å². The second kappa shape index (κ2) is 6.21. The molecule has 0 bridgehead atoms. The van der Waals surface area contributed by atoms with Crippen LogP contribution in [0.3, 0.4) is 0 Å². The molecule has 0 aliphatic carbocycles. The predicted octanol–water partition coefficient (Wildman–Crippen LogP) is 2.24. The maximum Gasteiger partial charge on any atom is 0.179 e. The Morgan fingerprint density at radius 1 is 1.37 bits per heavy atom. The number of carbonyl (C=O) groups is 1. The van der Waals surface area contributed by atoms with Crippen LogP contribution in [0.15, 0.2) is 18.2 Å². The minimum absolute atomic E-state index is 0.0109. The van der Waals surface area contributed by atoms with E-state index in [2.05, 4.69) is 0 Å². The average Bonchev–Trinajstić information content (AvgIpc) is 2.25. The van der Waals surface area contributed by atoms with E-state index in [-0.39, 0.29) is 12.1 Å². The van der Waals surface area contributed by atoms with Gasteiger partial charge >= 0.3 is 0 Å². The monoisotopic (exact) mass is 271 g/mol. The van der Waals surface area contributed by atoms with Gasteiger partial charge in [-0.3, -0.25) is 9.69 Å². The molecular formula is C14H19F2NO2. The molecule has 0 aliphatic heterocycles. The first-order valence-corrected chi connectivity index (χ1v) is 6.16. The predicted molar refractivity (Wildman–Crippen MR) is 69.1 cm³/mol. The summed E-state index contributed by atoms with van der Waals surface area (Å²) in [7, 11) is 0. The maximum atomic E-state index is 13.5. The molecule has 0 heterocycles. The number of hydrogen-bond acceptors (Lipinski definition) is 3. The summed E-state index contributed by atoms with van der Waals surface area (Å²) in [6, 6.07) is 2.90. The summed E-state index contributed by atoms with van der Waals surface area (Å²) in [5.74, 6) is -1.99. The number of halogens is 2. The molecule has 19 heavy (non-hydrogen) atoms. The van der Waals surface area contributed by atoms with E-state index in [4.69, 9.17) is 0 Å². The van der Waals surface area contributed by atoms with Crippen molar-refractivity contribution in [3.8, 4) is 0 Å². The number of benzene rings is 1. The van der Waals surface area contributed by atoms with Crippen molar-refractivity contribution in [2.75, 3.05) is 19.6 Å². The lowest BCUT2D eigenvalue weighted by atomic mass is 10.1. The third kappa shape index (κ3) is 5.04. The summed E-state index contributed by atoms with van der Waals surface area (Å²) in [6.45, 7) is 5.97. The van der Waals surface area contributed by atoms with Gasteiger partial charge in [-0.2, -0.15) is 0 Å². The topological polar surface area (TPSA) is 40.5 Å². The smallest absolute Gasteiger partial charge is 0.179 e. The molecule has 1 aromatic carbocycles. The summed E-state index contributed by atoms with van der Waals surface area (Å²) in [4.78, 5) is 13.7. The van der Waals surface area contributed by atoms with E-state index in [1.54, 1.807) is 18.7 Å². The zero-order valence-corrected chi connectivity index (χ0v) is 11.4. The van der Waals surface area contributed by atoms with Crippen LogP contribution in [0.5, 0.6) is 0 Å². The summed E-state index contributed by atoms with van der Waals surface area (Å²) >= 11 is 0. The van der Waals surface area contributed by atoms with Gasteiger partial charge in [0, 0.05) is 12.6 Å². The van der Waals surface area contributed by atoms with Crippen LogP contribution in [0, 0.1) is 11.6 Å². The molecular weight excluding hydrogens is 252 g/mol. The first-order chi connectivity index (χ1) is 8.73. The third-order valence-corrected chi connectivity index (χ3v) is 2.66. The van der Waals surface area contributed by atoms with Gasteiger partial charge in [0.2, 0.25) is 0 Å². The molecule has 0 amide bonds. The van der Waals surface area contributed by atoms with Gasteiger partial charge in [0.25, 0.3) is 0 Å². The maximum absolute atomic E-state index is 13.5. The fraction of sp³-hybridized carbons (Fsp3) is 0.500. The molecule has 0 radical (unpaired) electrons. The number of likely N-dealkylation sites (N-methyl/N-ethyl adjacent to an activating group) is 1. The number of nitrogens with zero attached hydrogens (tertiary/aromatic N) is 1. The zero-order valence-electron chi connectivity index (χ0n) is 11.4. The van der Waals surface area contributed by atoms with Gasteiger partial charge in [-0.25, -0.2) is 8.78 Å². The molecule has 1 aromatic rings. The van der Waals surface area contributed by atoms with E-state index in [0.717, 1.165) is 12.1 Å². The zero-order chi connectivity index (χ0) is 14.6. The van der Waals surface area contributed by atoms with E-state index in [1.807, 2.05) is 6.92 Å². The number of ketones is 1. The van der Waals surface area contributed by atoms with Crippen molar-refractivity contribution < 1.29 is 18.7 Å². The second-order valence-corrected chi connectivity index (χ2v) is 5.16. The standard InChI is InChI=1S/C14H19F2NO2/c1-4-17(9-14(2,3)19)8-13(18)11-6-5-10(15)7-12(11)16/h5-7,19H,4,8-9H2,1-3H3. The highest BCUT2D eigenvalue weighted by atomic mass is 19.1. The largest absolute Gasteiger partial charge is 0.389 e. The Balaban J connectivity index is 2.77. The molecule has 0 saturated heterocycles. The van der Waals surface area contributed by atoms with Crippen LogP contribution in [0.4, 0.5) is 8.78 Å². The molecule has 0 spiro atoms. The minimum Gasteiger partial charge on any atom is -0.389 e. The number of carbonyl (C=O) groups excluding carboxylic acids is 1. The molecule has 0 aliphatic rings. The van der Waals surface area contributed by atoms with Crippen LogP contribution in [0.25, 0.3) is 0 Å². The Hall–Kier alpha value is -1.33. The summed E-state index contributed by atoms with van der Waals surface area (Å²) in [5.41, 5.74) is -1.06. The third-order valence-electron chi connectivity index (χ3n) is 2.66. The Bertz CT molecular complexity index is 455. The van der Waals surface area contributed by atoms with Gasteiger partial charge in [-0.05, 0) is 32.5 Å². The van der Waals surface area contributed by atoms with Crippen molar-refractivity contribution in [1.82, 2.24) is 4.90 Å². The normalized spacial score (nSPS) is 11.9. The summed E-state index contributed by atoms with van der Waals surface area (Å²) in [5, 5.41) is 9.72. The first kappa shape index (κ1) is 15.7. The highest BCUT2D eigenvalue weighted by Crippen LogP contribution is 2.12. The van der Waals surface area contributed by atoms with Crippen LogP contribution >= 0.6 is 0 Å². The molecule has 3 nitrogen and oxygen atoms in total. The van der Waals surface area contributed by atoms with Gasteiger partial charge in [-0.15, -0.1) is 0 Å². The molecule has 5 heteroatoms. The lowest BCUT2D eigenvalue weighted by Crippen LogP contribution is -2.41. The van der Waals surface area contributed by atoms with Gasteiger partial charge in [0.1, 0.15) is 11.6 Å². The molecule has 0 unspecified atom stereocenters. The van der Waals surface area contributed by atoms with Crippen LogP contribution in [-0.4, -0.2) is 41.0 Å². The van der Waals surface area contributed by atoms with E-state index < -0.39 is 23.0 Å². The Morgan fingerprint density at radius 3 is 2.47 bits per heavy atom. The van der Waals surface area contributed by atoms with Crippen LogP contribution < -0.4 is 0 Å². The lowest BCUT2D eigenvalue weighted by molar-refractivity contribution is 0.0375. The SMILES string of the molecule is CCN(CC(=O)c1ccc(F)cc1F)CC(C)(C)O.